The molecule has 0 aromatic heterocycles. The van der Waals surface area contributed by atoms with Crippen LogP contribution in [0.1, 0.15) is 30.4 Å². The minimum atomic E-state index is 0.118. The first-order chi connectivity index (χ1) is 9.81. The Balaban J connectivity index is 1.90. The molecule has 0 radical (unpaired) electrons. The van der Waals surface area contributed by atoms with Crippen LogP contribution in [0.15, 0.2) is 24.3 Å². The second-order valence-corrected chi connectivity index (χ2v) is 5.38. The van der Waals surface area contributed by atoms with Gasteiger partial charge in [0.05, 0.1) is 6.61 Å². The monoisotopic (exact) mass is 273 g/mol. The van der Waals surface area contributed by atoms with E-state index in [1.54, 1.807) is 0 Å². The van der Waals surface area contributed by atoms with Gasteiger partial charge in [-0.3, -0.25) is 4.90 Å². The summed E-state index contributed by atoms with van der Waals surface area (Å²) in [6.07, 6.45) is 2.71. The Morgan fingerprint density at radius 2 is 2.00 bits per heavy atom. The van der Waals surface area contributed by atoms with Crippen molar-refractivity contribution in [3.05, 3.63) is 35.4 Å². The normalized spacial score (nSPS) is 16.7. The van der Waals surface area contributed by atoms with Crippen molar-refractivity contribution in [2.45, 2.75) is 25.8 Å². The molecule has 0 unspecified atom stereocenters. The van der Waals surface area contributed by atoms with Gasteiger partial charge in [-0.25, -0.2) is 0 Å². The molecule has 0 bridgehead atoms. The van der Waals surface area contributed by atoms with Gasteiger partial charge in [0.25, 0.3) is 0 Å². The summed E-state index contributed by atoms with van der Waals surface area (Å²) in [7, 11) is 0. The van der Waals surface area contributed by atoms with Crippen LogP contribution in [0.5, 0.6) is 0 Å². The highest BCUT2D eigenvalue weighted by Crippen LogP contribution is 2.18. The van der Waals surface area contributed by atoms with Crippen molar-refractivity contribution < 1.29 is 10.2 Å². The molecule has 0 atom stereocenters. The van der Waals surface area contributed by atoms with Crippen molar-refractivity contribution in [1.82, 2.24) is 4.90 Å². The number of hydrogen-bond donors (Lipinski definition) is 2. The van der Waals surface area contributed by atoms with Crippen molar-refractivity contribution in [1.29, 1.82) is 0 Å². The van der Waals surface area contributed by atoms with Crippen molar-refractivity contribution in [2.75, 3.05) is 26.3 Å². The van der Waals surface area contributed by atoms with Gasteiger partial charge in [0.15, 0.2) is 0 Å². The molecule has 0 aliphatic carbocycles. The van der Waals surface area contributed by atoms with Crippen molar-refractivity contribution in [2.24, 2.45) is 5.92 Å². The van der Waals surface area contributed by atoms with E-state index in [9.17, 15) is 0 Å². The van der Waals surface area contributed by atoms with E-state index < -0.39 is 0 Å². The summed E-state index contributed by atoms with van der Waals surface area (Å²) < 4.78 is 0. The fourth-order valence-electron chi connectivity index (χ4n) is 2.55. The summed E-state index contributed by atoms with van der Waals surface area (Å²) >= 11 is 0. The average molecular weight is 273 g/mol. The maximum Gasteiger partial charge on any atom is 0.0540 e. The fraction of sp³-hybridized carbons (Fsp3) is 0.529. The lowest BCUT2D eigenvalue weighted by atomic mass is 9.97. The number of hydrogen-bond acceptors (Lipinski definition) is 3. The van der Waals surface area contributed by atoms with E-state index >= 15 is 0 Å². The second kappa shape index (κ2) is 8.06. The lowest BCUT2D eigenvalue weighted by Crippen LogP contribution is -2.34. The van der Waals surface area contributed by atoms with Crippen LogP contribution in [0, 0.1) is 17.8 Å². The summed E-state index contributed by atoms with van der Waals surface area (Å²) in [6.45, 7) is 3.52. The maximum absolute atomic E-state index is 9.15. The van der Waals surface area contributed by atoms with Crippen molar-refractivity contribution in [3.8, 4) is 11.8 Å². The molecular formula is C17H23NO2. The molecule has 0 spiro atoms. The standard InChI is InChI=1S/C17H23NO2/c19-11-2-1-4-15-5-3-6-17(12-15)13-18-9-7-16(14-20)8-10-18/h3,5-6,12,16,19-20H,2,7-11,13-14H2. The highest BCUT2D eigenvalue weighted by atomic mass is 16.3. The van der Waals surface area contributed by atoms with Crippen LogP contribution in [-0.4, -0.2) is 41.4 Å². The molecule has 1 aromatic rings. The number of aliphatic hydroxyl groups is 2. The van der Waals surface area contributed by atoms with E-state index in [0.29, 0.717) is 18.9 Å². The summed E-state index contributed by atoms with van der Waals surface area (Å²) in [4.78, 5) is 2.44. The van der Waals surface area contributed by atoms with Crippen molar-refractivity contribution in [3.63, 3.8) is 0 Å². The summed E-state index contributed by atoms with van der Waals surface area (Å²) in [6, 6.07) is 8.31. The van der Waals surface area contributed by atoms with Gasteiger partial charge in [0.2, 0.25) is 0 Å². The Kier molecular flexibility index (Phi) is 6.07. The van der Waals surface area contributed by atoms with Gasteiger partial charge in [0.1, 0.15) is 0 Å². The van der Waals surface area contributed by atoms with E-state index in [-0.39, 0.29) is 6.61 Å². The molecule has 1 aliphatic rings. The summed E-state index contributed by atoms with van der Waals surface area (Å²) in [5.41, 5.74) is 2.30. The Morgan fingerprint density at radius 1 is 1.20 bits per heavy atom. The molecule has 3 heteroatoms. The molecule has 0 saturated carbocycles. The first-order valence-electron chi connectivity index (χ1n) is 7.33. The van der Waals surface area contributed by atoms with E-state index in [2.05, 4.69) is 28.9 Å². The number of piperidine rings is 1. The van der Waals surface area contributed by atoms with Crippen LogP contribution in [0.25, 0.3) is 0 Å². The number of nitrogens with zero attached hydrogens (tertiary/aromatic N) is 1. The zero-order chi connectivity index (χ0) is 14.2. The number of aliphatic hydroxyl groups excluding tert-OH is 2. The number of rotatable bonds is 4. The summed E-state index contributed by atoms with van der Waals surface area (Å²) in [5.74, 6) is 6.52. The third-order valence-corrected chi connectivity index (χ3v) is 3.77. The van der Waals surface area contributed by atoms with Crippen molar-refractivity contribution >= 4 is 0 Å². The SMILES string of the molecule is OCCC#Cc1cccc(CN2CCC(CO)CC2)c1. The van der Waals surface area contributed by atoms with Gasteiger partial charge in [0, 0.05) is 25.1 Å². The Morgan fingerprint density at radius 3 is 2.70 bits per heavy atom. The smallest absolute Gasteiger partial charge is 0.0540 e. The molecule has 1 fully saturated rings. The van der Waals surface area contributed by atoms with Crippen LogP contribution in [0.2, 0.25) is 0 Å². The van der Waals surface area contributed by atoms with Crippen LogP contribution in [-0.2, 0) is 6.54 Å². The first-order valence-corrected chi connectivity index (χ1v) is 7.33. The largest absolute Gasteiger partial charge is 0.396 e. The van der Waals surface area contributed by atoms with Gasteiger partial charge in [-0.05, 0) is 49.5 Å². The highest BCUT2D eigenvalue weighted by Gasteiger charge is 2.18. The zero-order valence-electron chi connectivity index (χ0n) is 11.9. The molecule has 0 amide bonds. The van der Waals surface area contributed by atoms with Crippen LogP contribution in [0.4, 0.5) is 0 Å². The molecule has 1 aromatic carbocycles. The van der Waals surface area contributed by atoms with E-state index in [1.165, 1.54) is 5.56 Å². The van der Waals surface area contributed by atoms with Gasteiger partial charge >= 0.3 is 0 Å². The lowest BCUT2D eigenvalue weighted by Gasteiger charge is -2.31. The van der Waals surface area contributed by atoms with Crippen LogP contribution in [0.3, 0.4) is 0 Å². The quantitative estimate of drug-likeness (QED) is 0.819. The van der Waals surface area contributed by atoms with Gasteiger partial charge in [-0.15, -0.1) is 0 Å². The molecule has 2 rings (SSSR count). The molecule has 1 aliphatic heterocycles. The molecule has 2 N–H and O–H groups in total. The Bertz CT molecular complexity index is 467. The van der Waals surface area contributed by atoms with Gasteiger partial charge < -0.3 is 10.2 Å². The maximum atomic E-state index is 9.15. The Labute approximate surface area is 121 Å². The average Bonchev–Trinajstić information content (AvgIpc) is 2.49. The summed E-state index contributed by atoms with van der Waals surface area (Å²) in [5, 5.41) is 17.9. The molecule has 1 saturated heterocycles. The minimum absolute atomic E-state index is 0.118. The second-order valence-electron chi connectivity index (χ2n) is 5.38. The first kappa shape index (κ1) is 15.1. The van der Waals surface area contributed by atoms with Gasteiger partial charge in [-0.2, -0.15) is 0 Å². The fourth-order valence-corrected chi connectivity index (χ4v) is 2.55. The topological polar surface area (TPSA) is 43.7 Å². The molecular weight excluding hydrogens is 250 g/mol. The van der Waals surface area contributed by atoms with E-state index in [4.69, 9.17) is 10.2 Å². The molecule has 3 nitrogen and oxygen atoms in total. The predicted molar refractivity (Wildman–Crippen MR) is 80.1 cm³/mol. The molecule has 20 heavy (non-hydrogen) atoms. The zero-order valence-corrected chi connectivity index (χ0v) is 11.9. The van der Waals surface area contributed by atoms with Gasteiger partial charge in [-0.1, -0.05) is 24.0 Å². The number of benzene rings is 1. The third-order valence-electron chi connectivity index (χ3n) is 3.77. The Hall–Kier alpha value is -1.34. The third kappa shape index (κ3) is 4.64. The minimum Gasteiger partial charge on any atom is -0.396 e. The van der Waals surface area contributed by atoms with E-state index in [0.717, 1.165) is 38.0 Å². The van der Waals surface area contributed by atoms with E-state index in [1.807, 2.05) is 12.1 Å². The highest BCUT2D eigenvalue weighted by molar-refractivity contribution is 5.37. The lowest BCUT2D eigenvalue weighted by molar-refractivity contribution is 0.127. The van der Waals surface area contributed by atoms with Crippen LogP contribution < -0.4 is 0 Å². The molecule has 1 heterocycles. The number of likely N-dealkylation sites (tertiary alicyclic amines) is 1. The molecule has 108 valence electrons. The predicted octanol–water partition coefficient (Wildman–Crippen LogP) is 1.62. The van der Waals surface area contributed by atoms with Crippen LogP contribution >= 0.6 is 0 Å².